The lowest BCUT2D eigenvalue weighted by Gasteiger charge is -2.15. The molecule has 0 aromatic heterocycles. The second-order valence-electron chi connectivity index (χ2n) is 5.59. The predicted molar refractivity (Wildman–Crippen MR) is 93.8 cm³/mol. The van der Waals surface area contributed by atoms with Crippen LogP contribution in [0.15, 0.2) is 42.5 Å². The van der Waals surface area contributed by atoms with Crippen molar-refractivity contribution < 1.29 is 23.1 Å². The zero-order valence-corrected chi connectivity index (χ0v) is 14.5. The lowest BCUT2D eigenvalue weighted by molar-refractivity contribution is -0.115. The summed E-state index contributed by atoms with van der Waals surface area (Å²) in [6.07, 6.45) is 0. The van der Waals surface area contributed by atoms with Crippen LogP contribution in [0.4, 0.5) is 14.5 Å². The number of rotatable bonds is 7. The Labute approximate surface area is 150 Å². The number of benzene rings is 2. The maximum atomic E-state index is 13.3. The van der Waals surface area contributed by atoms with Crippen LogP contribution in [-0.4, -0.2) is 25.0 Å². The van der Waals surface area contributed by atoms with Gasteiger partial charge in [-0.05, 0) is 43.7 Å². The zero-order valence-electron chi connectivity index (χ0n) is 14.5. The minimum Gasteiger partial charge on any atom is -0.462 e. The number of anilines is 1. The fraction of sp³-hybridized carbons (Fsp3) is 0.263. The van der Waals surface area contributed by atoms with Crippen LogP contribution in [0.3, 0.4) is 0 Å². The van der Waals surface area contributed by atoms with Gasteiger partial charge in [0.2, 0.25) is 5.91 Å². The van der Waals surface area contributed by atoms with Gasteiger partial charge in [0.15, 0.2) is 11.6 Å². The maximum absolute atomic E-state index is 13.3. The van der Waals surface area contributed by atoms with E-state index < -0.39 is 17.6 Å². The van der Waals surface area contributed by atoms with Gasteiger partial charge in [-0.25, -0.2) is 13.6 Å². The van der Waals surface area contributed by atoms with Crippen LogP contribution in [0.1, 0.15) is 35.8 Å². The smallest absolute Gasteiger partial charge is 0.340 e. The Hall–Kier alpha value is -2.80. The molecule has 0 aliphatic rings. The van der Waals surface area contributed by atoms with Crippen LogP contribution in [0.5, 0.6) is 0 Å². The summed E-state index contributed by atoms with van der Waals surface area (Å²) in [5.74, 6) is -2.76. The van der Waals surface area contributed by atoms with Crippen molar-refractivity contribution in [2.45, 2.75) is 19.9 Å². The van der Waals surface area contributed by atoms with Crippen molar-refractivity contribution in [3.63, 3.8) is 0 Å². The number of hydrogen-bond acceptors (Lipinski definition) is 4. The lowest BCUT2D eigenvalue weighted by Crippen LogP contribution is -2.30. The molecule has 2 rings (SSSR count). The van der Waals surface area contributed by atoms with E-state index >= 15 is 0 Å². The van der Waals surface area contributed by atoms with E-state index in [2.05, 4.69) is 10.6 Å². The second kappa shape index (κ2) is 9.05. The van der Waals surface area contributed by atoms with Gasteiger partial charge in [-0.2, -0.15) is 0 Å². The second-order valence-corrected chi connectivity index (χ2v) is 5.59. The predicted octanol–water partition coefficient (Wildman–Crippen LogP) is 3.43. The Morgan fingerprint density at radius 1 is 1.12 bits per heavy atom. The molecule has 0 fully saturated rings. The first-order chi connectivity index (χ1) is 12.4. The molecular formula is C19H20F2N2O3. The highest BCUT2D eigenvalue weighted by Gasteiger charge is 2.15. The number of carbonyl (C=O) groups is 2. The lowest BCUT2D eigenvalue weighted by atomic mass is 10.1. The highest BCUT2D eigenvalue weighted by molar-refractivity contribution is 6.01. The molecule has 2 aromatic carbocycles. The van der Waals surface area contributed by atoms with E-state index in [4.69, 9.17) is 4.74 Å². The van der Waals surface area contributed by atoms with E-state index in [9.17, 15) is 18.4 Å². The van der Waals surface area contributed by atoms with E-state index in [0.717, 1.165) is 12.1 Å². The Kier molecular flexibility index (Phi) is 6.80. The number of ether oxygens (including phenoxy) is 1. The first-order valence-electron chi connectivity index (χ1n) is 8.16. The molecule has 0 bridgehead atoms. The number of hydrogen-bond donors (Lipinski definition) is 2. The van der Waals surface area contributed by atoms with Gasteiger partial charge in [-0.3, -0.25) is 4.79 Å². The highest BCUT2D eigenvalue weighted by atomic mass is 19.2. The average Bonchev–Trinajstić information content (AvgIpc) is 2.62. The molecule has 0 aliphatic carbocycles. The van der Waals surface area contributed by atoms with Crippen LogP contribution < -0.4 is 10.6 Å². The fourth-order valence-electron chi connectivity index (χ4n) is 2.32. The zero-order chi connectivity index (χ0) is 19.1. The first-order valence-corrected chi connectivity index (χ1v) is 8.16. The molecule has 26 heavy (non-hydrogen) atoms. The molecule has 1 amide bonds. The van der Waals surface area contributed by atoms with Crippen LogP contribution in [0.2, 0.25) is 0 Å². The molecule has 1 atom stereocenters. The van der Waals surface area contributed by atoms with Gasteiger partial charge >= 0.3 is 5.97 Å². The van der Waals surface area contributed by atoms with Crippen LogP contribution in [0, 0.1) is 11.6 Å². The van der Waals surface area contributed by atoms with Crippen molar-refractivity contribution in [1.82, 2.24) is 5.32 Å². The SMILES string of the molecule is CCOC(=O)c1ccccc1NC(=O)CN[C@@H](C)c1ccc(F)c(F)c1. The van der Waals surface area contributed by atoms with Gasteiger partial charge in [0.25, 0.3) is 0 Å². The third kappa shape index (κ3) is 5.10. The largest absolute Gasteiger partial charge is 0.462 e. The number of carbonyl (C=O) groups excluding carboxylic acids is 2. The van der Waals surface area contributed by atoms with Crippen LogP contribution in [0.25, 0.3) is 0 Å². The molecule has 0 radical (unpaired) electrons. The molecular weight excluding hydrogens is 342 g/mol. The Bertz CT molecular complexity index is 796. The highest BCUT2D eigenvalue weighted by Crippen LogP contribution is 2.17. The summed E-state index contributed by atoms with van der Waals surface area (Å²) in [5, 5.41) is 5.56. The molecule has 0 saturated carbocycles. The molecule has 0 spiro atoms. The summed E-state index contributed by atoms with van der Waals surface area (Å²) in [6.45, 7) is 3.58. The van der Waals surface area contributed by atoms with Gasteiger partial charge in [0.05, 0.1) is 24.4 Å². The molecule has 7 heteroatoms. The molecule has 0 aliphatic heterocycles. The molecule has 2 aromatic rings. The first kappa shape index (κ1) is 19.5. The van der Waals surface area contributed by atoms with Crippen molar-refractivity contribution in [3.8, 4) is 0 Å². The summed E-state index contributed by atoms with van der Waals surface area (Å²) >= 11 is 0. The quantitative estimate of drug-likeness (QED) is 0.741. The summed E-state index contributed by atoms with van der Waals surface area (Å²) in [7, 11) is 0. The standard InChI is InChI=1S/C19H20F2N2O3/c1-3-26-19(25)14-6-4-5-7-17(14)23-18(24)11-22-12(2)13-8-9-15(20)16(21)10-13/h4-10,12,22H,3,11H2,1-2H3,(H,23,24)/t12-/m0/s1. The number of halogens is 2. The van der Waals surface area contributed by atoms with Crippen molar-refractivity contribution >= 4 is 17.6 Å². The molecule has 2 N–H and O–H groups in total. The van der Waals surface area contributed by atoms with E-state index in [-0.39, 0.29) is 30.7 Å². The number of nitrogens with one attached hydrogen (secondary N) is 2. The molecule has 0 unspecified atom stereocenters. The normalized spacial score (nSPS) is 11.7. The van der Waals surface area contributed by atoms with Crippen LogP contribution in [-0.2, 0) is 9.53 Å². The van der Waals surface area contributed by atoms with Crippen molar-refractivity contribution in [3.05, 3.63) is 65.2 Å². The summed E-state index contributed by atoms with van der Waals surface area (Å²) in [6, 6.07) is 9.73. The fourth-order valence-corrected chi connectivity index (χ4v) is 2.32. The van der Waals surface area contributed by atoms with Crippen molar-refractivity contribution in [2.75, 3.05) is 18.5 Å². The van der Waals surface area contributed by atoms with Gasteiger partial charge in [-0.15, -0.1) is 0 Å². The topological polar surface area (TPSA) is 67.4 Å². The van der Waals surface area contributed by atoms with Gasteiger partial charge < -0.3 is 15.4 Å². The Morgan fingerprint density at radius 3 is 2.54 bits per heavy atom. The van der Waals surface area contributed by atoms with E-state index in [0.29, 0.717) is 11.3 Å². The summed E-state index contributed by atoms with van der Waals surface area (Å²) in [4.78, 5) is 24.0. The minimum atomic E-state index is -0.941. The summed E-state index contributed by atoms with van der Waals surface area (Å²) in [5.41, 5.74) is 1.12. The molecule has 0 heterocycles. The Balaban J connectivity index is 1.97. The monoisotopic (exact) mass is 362 g/mol. The molecule has 0 saturated heterocycles. The van der Waals surface area contributed by atoms with E-state index in [1.807, 2.05) is 0 Å². The third-order valence-corrected chi connectivity index (χ3v) is 3.71. The number of para-hydroxylation sites is 1. The minimum absolute atomic E-state index is 0.0721. The summed E-state index contributed by atoms with van der Waals surface area (Å²) < 4.78 is 31.2. The van der Waals surface area contributed by atoms with E-state index in [1.54, 1.807) is 38.1 Å². The average molecular weight is 362 g/mol. The molecule has 5 nitrogen and oxygen atoms in total. The molecule has 138 valence electrons. The van der Waals surface area contributed by atoms with Crippen LogP contribution >= 0.6 is 0 Å². The third-order valence-electron chi connectivity index (χ3n) is 3.71. The number of esters is 1. The van der Waals surface area contributed by atoms with E-state index in [1.165, 1.54) is 6.07 Å². The van der Waals surface area contributed by atoms with Gasteiger partial charge in [0.1, 0.15) is 0 Å². The van der Waals surface area contributed by atoms with Gasteiger partial charge in [-0.1, -0.05) is 18.2 Å². The van der Waals surface area contributed by atoms with Gasteiger partial charge in [0, 0.05) is 6.04 Å². The van der Waals surface area contributed by atoms with Crippen molar-refractivity contribution in [1.29, 1.82) is 0 Å². The maximum Gasteiger partial charge on any atom is 0.340 e. The van der Waals surface area contributed by atoms with Crippen molar-refractivity contribution in [2.24, 2.45) is 0 Å². The Morgan fingerprint density at radius 2 is 1.85 bits per heavy atom. The number of amides is 1.